The van der Waals surface area contributed by atoms with Gasteiger partial charge in [-0.1, -0.05) is 12.1 Å². The number of carbonyl (C=O) groups is 2. The van der Waals surface area contributed by atoms with Crippen LogP contribution in [0, 0.1) is 11.3 Å². The Bertz CT molecular complexity index is 767. The third kappa shape index (κ3) is 4.07. The van der Waals surface area contributed by atoms with Gasteiger partial charge in [-0.2, -0.15) is 5.26 Å². The maximum absolute atomic E-state index is 12.4. The lowest BCUT2D eigenvalue weighted by Crippen LogP contribution is -2.50. The highest BCUT2D eigenvalue weighted by molar-refractivity contribution is 5.94. The van der Waals surface area contributed by atoms with Gasteiger partial charge < -0.3 is 14.2 Å². The minimum atomic E-state index is -0.0570. The van der Waals surface area contributed by atoms with Crippen LogP contribution in [0.2, 0.25) is 0 Å². The highest BCUT2D eigenvalue weighted by Crippen LogP contribution is 2.12. The maximum atomic E-state index is 12.4. The molecule has 1 aliphatic rings. The molecule has 6 heteroatoms. The summed E-state index contributed by atoms with van der Waals surface area (Å²) >= 11 is 0. The molecule has 1 aromatic carbocycles. The Kier molecular flexibility index (Phi) is 5.14. The van der Waals surface area contributed by atoms with Crippen molar-refractivity contribution < 1.29 is 14.0 Å². The van der Waals surface area contributed by atoms with Crippen molar-refractivity contribution in [2.75, 3.05) is 26.2 Å². The van der Waals surface area contributed by atoms with Gasteiger partial charge in [-0.25, -0.2) is 0 Å². The standard InChI is InChI=1S/C19H19N3O3/c20-13-16-3-1-15(2-4-16)5-6-18(23)21-8-10-22(11-9-21)19(24)17-7-12-25-14-17/h1-4,7,12,14H,5-6,8-11H2. The van der Waals surface area contributed by atoms with Gasteiger partial charge in [-0.3, -0.25) is 9.59 Å². The lowest BCUT2D eigenvalue weighted by atomic mass is 10.1. The maximum Gasteiger partial charge on any atom is 0.257 e. The van der Waals surface area contributed by atoms with E-state index in [0.29, 0.717) is 50.1 Å². The Morgan fingerprint density at radius 1 is 1.04 bits per heavy atom. The van der Waals surface area contributed by atoms with Gasteiger partial charge in [0.25, 0.3) is 5.91 Å². The molecule has 0 radical (unpaired) electrons. The van der Waals surface area contributed by atoms with E-state index in [0.717, 1.165) is 5.56 Å². The molecule has 0 aliphatic carbocycles. The summed E-state index contributed by atoms with van der Waals surface area (Å²) < 4.78 is 4.94. The van der Waals surface area contributed by atoms with E-state index in [-0.39, 0.29) is 11.8 Å². The molecule has 1 aromatic heterocycles. The van der Waals surface area contributed by atoms with Gasteiger partial charge in [0, 0.05) is 32.6 Å². The molecule has 0 saturated carbocycles. The summed E-state index contributed by atoms with van der Waals surface area (Å²) in [5.41, 5.74) is 2.20. The summed E-state index contributed by atoms with van der Waals surface area (Å²) in [6.45, 7) is 2.17. The summed E-state index contributed by atoms with van der Waals surface area (Å²) in [5.74, 6) is 0.0400. The van der Waals surface area contributed by atoms with E-state index in [2.05, 4.69) is 6.07 Å². The minimum Gasteiger partial charge on any atom is -0.472 e. The van der Waals surface area contributed by atoms with Crippen LogP contribution in [0.1, 0.15) is 27.9 Å². The molecule has 1 aliphatic heterocycles. The number of benzene rings is 1. The van der Waals surface area contributed by atoms with E-state index in [1.807, 2.05) is 17.0 Å². The summed E-state index contributed by atoms with van der Waals surface area (Å²) in [7, 11) is 0. The molecular weight excluding hydrogens is 318 g/mol. The molecule has 6 nitrogen and oxygen atoms in total. The van der Waals surface area contributed by atoms with Crippen LogP contribution in [0.3, 0.4) is 0 Å². The first-order valence-electron chi connectivity index (χ1n) is 8.25. The Balaban J connectivity index is 1.46. The number of carbonyl (C=O) groups excluding carboxylic acids is 2. The number of piperazine rings is 1. The predicted molar refractivity (Wildman–Crippen MR) is 90.7 cm³/mol. The van der Waals surface area contributed by atoms with Gasteiger partial charge in [0.2, 0.25) is 5.91 Å². The zero-order valence-corrected chi connectivity index (χ0v) is 13.9. The van der Waals surface area contributed by atoms with Crippen LogP contribution in [0.5, 0.6) is 0 Å². The van der Waals surface area contributed by atoms with Crippen molar-refractivity contribution in [3.8, 4) is 6.07 Å². The molecule has 1 fully saturated rings. The van der Waals surface area contributed by atoms with E-state index in [4.69, 9.17) is 9.68 Å². The number of hydrogen-bond acceptors (Lipinski definition) is 4. The van der Waals surface area contributed by atoms with Crippen LogP contribution in [-0.2, 0) is 11.2 Å². The Morgan fingerprint density at radius 2 is 1.72 bits per heavy atom. The average molecular weight is 337 g/mol. The van der Waals surface area contributed by atoms with Crippen LogP contribution >= 0.6 is 0 Å². The first kappa shape index (κ1) is 16.8. The van der Waals surface area contributed by atoms with Crippen LogP contribution in [0.25, 0.3) is 0 Å². The minimum absolute atomic E-state index is 0.0570. The SMILES string of the molecule is N#Cc1ccc(CCC(=O)N2CCN(C(=O)c3ccoc3)CC2)cc1. The first-order valence-corrected chi connectivity index (χ1v) is 8.25. The van der Waals surface area contributed by atoms with E-state index < -0.39 is 0 Å². The first-order chi connectivity index (χ1) is 12.2. The van der Waals surface area contributed by atoms with Gasteiger partial charge in [0.15, 0.2) is 0 Å². The highest BCUT2D eigenvalue weighted by Gasteiger charge is 2.25. The summed E-state index contributed by atoms with van der Waals surface area (Å²) in [6.07, 6.45) is 4.01. The molecule has 2 aromatic rings. The summed E-state index contributed by atoms with van der Waals surface area (Å²) in [6, 6.07) is 11.0. The molecule has 25 heavy (non-hydrogen) atoms. The van der Waals surface area contributed by atoms with Crippen molar-refractivity contribution in [1.29, 1.82) is 5.26 Å². The molecule has 2 amide bonds. The fourth-order valence-electron chi connectivity index (χ4n) is 2.88. The van der Waals surface area contributed by atoms with E-state index in [9.17, 15) is 9.59 Å². The molecule has 0 N–H and O–H groups in total. The fourth-order valence-corrected chi connectivity index (χ4v) is 2.88. The van der Waals surface area contributed by atoms with Gasteiger partial charge in [-0.15, -0.1) is 0 Å². The van der Waals surface area contributed by atoms with Gasteiger partial charge in [0.05, 0.1) is 23.5 Å². The topological polar surface area (TPSA) is 77.5 Å². The van der Waals surface area contributed by atoms with Crippen molar-refractivity contribution in [2.24, 2.45) is 0 Å². The zero-order chi connectivity index (χ0) is 17.6. The molecule has 128 valence electrons. The van der Waals surface area contributed by atoms with Crippen LogP contribution in [-0.4, -0.2) is 47.8 Å². The number of nitrogens with zero attached hydrogens (tertiary/aromatic N) is 3. The third-order valence-corrected chi connectivity index (χ3v) is 4.40. The van der Waals surface area contributed by atoms with Crippen molar-refractivity contribution in [1.82, 2.24) is 9.80 Å². The number of nitriles is 1. The number of hydrogen-bond donors (Lipinski definition) is 0. The zero-order valence-electron chi connectivity index (χ0n) is 13.9. The number of amides is 2. The van der Waals surface area contributed by atoms with Gasteiger partial charge in [0.1, 0.15) is 6.26 Å². The van der Waals surface area contributed by atoms with Crippen LogP contribution < -0.4 is 0 Å². The molecule has 0 unspecified atom stereocenters. The second-order valence-electron chi connectivity index (χ2n) is 5.99. The quantitative estimate of drug-likeness (QED) is 0.856. The third-order valence-electron chi connectivity index (χ3n) is 4.40. The van der Waals surface area contributed by atoms with E-state index in [1.165, 1.54) is 12.5 Å². The number of furan rings is 1. The molecular formula is C19H19N3O3. The van der Waals surface area contributed by atoms with Gasteiger partial charge >= 0.3 is 0 Å². The van der Waals surface area contributed by atoms with Gasteiger partial charge in [-0.05, 0) is 30.2 Å². The molecule has 3 rings (SSSR count). The Hall–Kier alpha value is -3.07. The molecule has 0 atom stereocenters. The smallest absolute Gasteiger partial charge is 0.257 e. The lowest BCUT2D eigenvalue weighted by Gasteiger charge is -2.34. The Labute approximate surface area is 146 Å². The van der Waals surface area contributed by atoms with Crippen molar-refractivity contribution >= 4 is 11.8 Å². The normalized spacial score (nSPS) is 14.2. The van der Waals surface area contributed by atoms with E-state index in [1.54, 1.807) is 23.1 Å². The molecule has 2 heterocycles. The fraction of sp³-hybridized carbons (Fsp3) is 0.316. The average Bonchev–Trinajstić information content (AvgIpc) is 3.21. The molecule has 1 saturated heterocycles. The second-order valence-corrected chi connectivity index (χ2v) is 5.99. The highest BCUT2D eigenvalue weighted by atomic mass is 16.3. The molecule has 0 spiro atoms. The van der Waals surface area contributed by atoms with Crippen LogP contribution in [0.4, 0.5) is 0 Å². The number of aryl methyl sites for hydroxylation is 1. The van der Waals surface area contributed by atoms with Crippen molar-refractivity contribution in [3.63, 3.8) is 0 Å². The summed E-state index contributed by atoms with van der Waals surface area (Å²) in [5, 5.41) is 8.79. The predicted octanol–water partition coefficient (Wildman–Crippen LogP) is 2.07. The monoisotopic (exact) mass is 337 g/mol. The van der Waals surface area contributed by atoms with Crippen LogP contribution in [0.15, 0.2) is 47.3 Å². The second kappa shape index (κ2) is 7.67. The Morgan fingerprint density at radius 3 is 2.32 bits per heavy atom. The van der Waals surface area contributed by atoms with Crippen molar-refractivity contribution in [3.05, 3.63) is 59.5 Å². The van der Waals surface area contributed by atoms with E-state index >= 15 is 0 Å². The van der Waals surface area contributed by atoms with Crippen molar-refractivity contribution in [2.45, 2.75) is 12.8 Å². The lowest BCUT2D eigenvalue weighted by molar-refractivity contribution is -0.132. The summed E-state index contributed by atoms with van der Waals surface area (Å²) in [4.78, 5) is 28.1. The number of rotatable bonds is 4. The largest absolute Gasteiger partial charge is 0.472 e. The molecule has 0 bridgehead atoms.